The van der Waals surface area contributed by atoms with E-state index in [1.807, 2.05) is 0 Å². The number of hydrogen-bond acceptors (Lipinski definition) is 4. The number of benzene rings is 1. The van der Waals surface area contributed by atoms with Crippen molar-refractivity contribution < 1.29 is 8.78 Å². The Bertz CT molecular complexity index is 1030. The third-order valence-corrected chi connectivity index (χ3v) is 3.94. The van der Waals surface area contributed by atoms with E-state index >= 15 is 0 Å². The van der Waals surface area contributed by atoms with Crippen LogP contribution in [0.2, 0.25) is 0 Å². The second-order valence-corrected chi connectivity index (χ2v) is 6.18. The summed E-state index contributed by atoms with van der Waals surface area (Å²) in [6.45, 7) is 1.71. The fourth-order valence-corrected chi connectivity index (χ4v) is 2.67. The molecule has 122 valence electrons. The number of aromatic nitrogens is 3. The highest BCUT2D eigenvalue weighted by Gasteiger charge is 2.17. The molecule has 0 bridgehead atoms. The first kappa shape index (κ1) is 16.4. The third kappa shape index (κ3) is 2.96. The molecule has 24 heavy (non-hydrogen) atoms. The van der Waals surface area contributed by atoms with Gasteiger partial charge < -0.3 is 0 Å². The molecular weight excluding hydrogens is 380 g/mol. The van der Waals surface area contributed by atoms with Crippen molar-refractivity contribution in [1.29, 1.82) is 10.8 Å². The Morgan fingerprint density at radius 1 is 1.29 bits per heavy atom. The summed E-state index contributed by atoms with van der Waals surface area (Å²) in [5.74, 6) is -1.73. The zero-order valence-electron chi connectivity index (χ0n) is 12.6. The number of nitrogens with one attached hydrogen (secondary N) is 2. The molecule has 3 aromatic rings. The van der Waals surface area contributed by atoms with Crippen LogP contribution in [0.4, 0.5) is 8.78 Å². The number of hydrogen-bond donors (Lipinski definition) is 2. The monoisotopic (exact) mass is 391 g/mol. The number of rotatable bonds is 2. The molecule has 0 radical (unpaired) electrons. The molecule has 0 aliphatic rings. The Morgan fingerprint density at radius 3 is 2.79 bits per heavy atom. The van der Waals surface area contributed by atoms with E-state index in [2.05, 4.69) is 26.0 Å². The van der Waals surface area contributed by atoms with Gasteiger partial charge in [0, 0.05) is 34.1 Å². The number of nitrogens with zero attached hydrogens (tertiary/aromatic N) is 3. The van der Waals surface area contributed by atoms with Crippen LogP contribution in [0.3, 0.4) is 0 Å². The summed E-state index contributed by atoms with van der Waals surface area (Å²) < 4.78 is 30.6. The Kier molecular flexibility index (Phi) is 4.23. The first-order valence-corrected chi connectivity index (χ1v) is 7.77. The molecule has 2 heterocycles. The van der Waals surface area contributed by atoms with Crippen LogP contribution >= 0.6 is 15.9 Å². The maximum Gasteiger partial charge on any atom is 0.148 e. The van der Waals surface area contributed by atoms with Crippen LogP contribution in [-0.4, -0.2) is 20.6 Å². The van der Waals surface area contributed by atoms with Crippen LogP contribution in [0.1, 0.15) is 11.3 Å². The molecule has 2 aromatic heterocycles. The minimum atomic E-state index is -0.778. The second-order valence-electron chi connectivity index (χ2n) is 5.27. The predicted molar refractivity (Wildman–Crippen MR) is 89.0 cm³/mol. The van der Waals surface area contributed by atoms with E-state index in [0.717, 1.165) is 10.7 Å². The molecule has 2 N–H and O–H groups in total. The lowest BCUT2D eigenvalue weighted by atomic mass is 10.1. The van der Waals surface area contributed by atoms with Crippen LogP contribution in [-0.2, 0) is 6.42 Å². The lowest BCUT2D eigenvalue weighted by Gasteiger charge is -2.11. The van der Waals surface area contributed by atoms with Crippen LogP contribution in [0.15, 0.2) is 34.9 Å². The fraction of sp³-hybridized carbons (Fsp3) is 0.125. The molecule has 0 amide bonds. The molecule has 0 atom stereocenters. The highest BCUT2D eigenvalue weighted by atomic mass is 79.9. The van der Waals surface area contributed by atoms with Crippen molar-refractivity contribution in [3.05, 3.63) is 63.3 Å². The van der Waals surface area contributed by atoms with Gasteiger partial charge in [-0.2, -0.15) is 5.10 Å². The summed E-state index contributed by atoms with van der Waals surface area (Å²) in [4.78, 5) is 3.98. The lowest BCUT2D eigenvalue weighted by Crippen LogP contribution is -2.30. The van der Waals surface area contributed by atoms with Crippen molar-refractivity contribution in [3.63, 3.8) is 0 Å². The average molecular weight is 392 g/mol. The van der Waals surface area contributed by atoms with E-state index in [4.69, 9.17) is 10.8 Å². The molecule has 8 heteroatoms. The van der Waals surface area contributed by atoms with Gasteiger partial charge in [0.2, 0.25) is 0 Å². The van der Waals surface area contributed by atoms with Crippen molar-refractivity contribution in [1.82, 2.24) is 14.8 Å². The first-order valence-electron chi connectivity index (χ1n) is 6.98. The zero-order chi connectivity index (χ0) is 17.4. The largest absolute Gasteiger partial charge is 0.286 e. The minimum absolute atomic E-state index is 0.0309. The van der Waals surface area contributed by atoms with Crippen LogP contribution in [0, 0.1) is 29.4 Å². The Balaban J connectivity index is 2.08. The summed E-state index contributed by atoms with van der Waals surface area (Å²) in [6, 6.07) is 5.76. The van der Waals surface area contributed by atoms with Crippen LogP contribution < -0.4 is 5.49 Å². The van der Waals surface area contributed by atoms with E-state index in [1.54, 1.807) is 13.0 Å². The smallest absolute Gasteiger partial charge is 0.148 e. The molecule has 3 rings (SSSR count). The zero-order valence-corrected chi connectivity index (χ0v) is 14.2. The summed E-state index contributed by atoms with van der Waals surface area (Å²) in [6.07, 6.45) is 1.13. The maximum absolute atomic E-state index is 14.7. The minimum Gasteiger partial charge on any atom is -0.286 e. The molecule has 0 saturated heterocycles. The Labute approximate surface area is 144 Å². The van der Waals surface area contributed by atoms with E-state index < -0.39 is 11.6 Å². The van der Waals surface area contributed by atoms with E-state index in [0.29, 0.717) is 10.2 Å². The molecular formula is C16H12BrF2N5. The molecule has 0 aliphatic carbocycles. The summed E-state index contributed by atoms with van der Waals surface area (Å²) in [5.41, 5.74) is 0.522. The second kappa shape index (κ2) is 6.20. The maximum atomic E-state index is 14.7. The fourth-order valence-electron chi connectivity index (χ4n) is 2.34. The molecule has 0 aliphatic heterocycles. The molecule has 0 unspecified atom stereocenters. The first-order chi connectivity index (χ1) is 11.4. The van der Waals surface area contributed by atoms with Gasteiger partial charge in [0.25, 0.3) is 0 Å². The summed E-state index contributed by atoms with van der Waals surface area (Å²) in [5, 5.41) is 20.1. The third-order valence-electron chi connectivity index (χ3n) is 3.51. The molecule has 0 fully saturated rings. The Morgan fingerprint density at radius 2 is 2.04 bits per heavy atom. The quantitative estimate of drug-likeness (QED) is 0.519. The van der Waals surface area contributed by atoms with E-state index in [9.17, 15) is 8.78 Å². The van der Waals surface area contributed by atoms with E-state index in [-0.39, 0.29) is 34.2 Å². The number of halogens is 3. The standard InChI is InChI=1S/C16H12BrF2N5/c1-8-2-3-14(20)24(23-8)15(21)5-10-12(18)6-13-11(16(10)19)4-9(17)7-22-13/h2-4,6-7,20-21H,5H2,1H3. The normalized spacial score (nSPS) is 11.0. The van der Waals surface area contributed by atoms with Crippen LogP contribution in [0.5, 0.6) is 0 Å². The van der Waals surface area contributed by atoms with Gasteiger partial charge in [0.05, 0.1) is 11.2 Å². The highest BCUT2D eigenvalue weighted by molar-refractivity contribution is 9.10. The van der Waals surface area contributed by atoms with Crippen molar-refractivity contribution in [2.45, 2.75) is 13.3 Å². The van der Waals surface area contributed by atoms with E-state index in [1.165, 1.54) is 18.3 Å². The number of fused-ring (bicyclic) bond motifs is 1. The van der Waals surface area contributed by atoms with Gasteiger partial charge in [-0.3, -0.25) is 15.8 Å². The SMILES string of the molecule is Cc1ccc(=N)n(C(=N)Cc2c(F)cc3ncc(Br)cc3c2F)n1. The lowest BCUT2D eigenvalue weighted by molar-refractivity contribution is 0.570. The van der Waals surface area contributed by atoms with Gasteiger partial charge in [0.1, 0.15) is 23.0 Å². The number of pyridine rings is 1. The summed E-state index contributed by atoms with van der Waals surface area (Å²) in [7, 11) is 0. The molecule has 0 spiro atoms. The Hall–Kier alpha value is -2.48. The topological polar surface area (TPSA) is 78.4 Å². The molecule has 1 aromatic carbocycles. The molecule has 0 saturated carbocycles. The summed E-state index contributed by atoms with van der Waals surface area (Å²) >= 11 is 3.21. The van der Waals surface area contributed by atoms with Gasteiger partial charge in [0.15, 0.2) is 0 Å². The highest BCUT2D eigenvalue weighted by Crippen LogP contribution is 2.25. The van der Waals surface area contributed by atoms with Gasteiger partial charge in [-0.25, -0.2) is 13.5 Å². The van der Waals surface area contributed by atoms with Crippen molar-refractivity contribution in [2.24, 2.45) is 0 Å². The van der Waals surface area contributed by atoms with Gasteiger partial charge in [-0.1, -0.05) is 0 Å². The van der Waals surface area contributed by atoms with Gasteiger partial charge in [-0.05, 0) is 41.1 Å². The predicted octanol–water partition coefficient (Wildman–Crippen LogP) is 3.33. The van der Waals surface area contributed by atoms with Crippen molar-refractivity contribution in [3.8, 4) is 0 Å². The van der Waals surface area contributed by atoms with Crippen molar-refractivity contribution in [2.75, 3.05) is 0 Å². The average Bonchev–Trinajstić information content (AvgIpc) is 2.54. The van der Waals surface area contributed by atoms with Gasteiger partial charge >= 0.3 is 0 Å². The number of aryl methyl sites for hydroxylation is 1. The van der Waals surface area contributed by atoms with Gasteiger partial charge in [-0.15, -0.1) is 0 Å². The van der Waals surface area contributed by atoms with Crippen molar-refractivity contribution >= 4 is 32.7 Å². The van der Waals surface area contributed by atoms with Crippen LogP contribution in [0.25, 0.3) is 10.9 Å². The molecule has 5 nitrogen and oxygen atoms in total.